The Morgan fingerprint density at radius 1 is 1.38 bits per heavy atom. The van der Waals surface area contributed by atoms with Gasteiger partial charge in [-0.25, -0.2) is 0 Å². The lowest BCUT2D eigenvalue weighted by Crippen LogP contribution is -2.22. The van der Waals surface area contributed by atoms with Gasteiger partial charge in [0.2, 0.25) is 5.91 Å². The second-order valence-electron chi connectivity index (χ2n) is 5.58. The Morgan fingerprint density at radius 2 is 2.05 bits per heavy atom. The van der Waals surface area contributed by atoms with Gasteiger partial charge in [0.05, 0.1) is 4.92 Å². The van der Waals surface area contributed by atoms with E-state index >= 15 is 0 Å². The first-order valence-corrected chi connectivity index (χ1v) is 7.12. The van der Waals surface area contributed by atoms with E-state index < -0.39 is 4.92 Å². The van der Waals surface area contributed by atoms with Crippen molar-refractivity contribution in [3.8, 4) is 0 Å². The number of nitro benzene ring substituents is 1. The Balaban J connectivity index is 2.69. The third-order valence-electron chi connectivity index (χ3n) is 3.35. The molecule has 6 nitrogen and oxygen atoms in total. The highest BCUT2D eigenvalue weighted by Gasteiger charge is 2.19. The SMILES string of the molecule is Cc1ccc([N+](=O)[O-])c(NC(=O)C(C)CCCC(C)N)c1. The number of nitrogens with two attached hydrogens (primary N) is 1. The minimum atomic E-state index is -0.490. The molecule has 1 rings (SSSR count). The molecule has 0 radical (unpaired) electrons. The second-order valence-corrected chi connectivity index (χ2v) is 5.58. The second kappa shape index (κ2) is 7.73. The van der Waals surface area contributed by atoms with Crippen molar-refractivity contribution < 1.29 is 9.72 Å². The van der Waals surface area contributed by atoms with Crippen LogP contribution in [0.1, 0.15) is 38.7 Å². The predicted octanol–water partition coefficient (Wildman–Crippen LogP) is 3.00. The average Bonchev–Trinajstić information content (AvgIpc) is 2.37. The van der Waals surface area contributed by atoms with Gasteiger partial charge in [-0.2, -0.15) is 0 Å². The monoisotopic (exact) mass is 293 g/mol. The van der Waals surface area contributed by atoms with Crippen molar-refractivity contribution in [3.63, 3.8) is 0 Å². The summed E-state index contributed by atoms with van der Waals surface area (Å²) in [6.07, 6.45) is 2.44. The molecule has 0 saturated heterocycles. The van der Waals surface area contributed by atoms with Crippen LogP contribution in [0, 0.1) is 23.0 Å². The van der Waals surface area contributed by atoms with Crippen molar-refractivity contribution in [1.82, 2.24) is 0 Å². The molecule has 2 atom stereocenters. The smallest absolute Gasteiger partial charge is 0.292 e. The lowest BCUT2D eigenvalue weighted by Gasteiger charge is -2.13. The van der Waals surface area contributed by atoms with Crippen LogP contribution in [0.25, 0.3) is 0 Å². The van der Waals surface area contributed by atoms with E-state index in [1.807, 2.05) is 20.8 Å². The van der Waals surface area contributed by atoms with E-state index in [4.69, 9.17) is 5.73 Å². The van der Waals surface area contributed by atoms with Gasteiger partial charge in [-0.15, -0.1) is 0 Å². The number of carbonyl (C=O) groups is 1. The number of rotatable bonds is 7. The molecule has 1 aromatic carbocycles. The quantitative estimate of drug-likeness (QED) is 0.596. The van der Waals surface area contributed by atoms with Crippen molar-refractivity contribution in [1.29, 1.82) is 0 Å². The molecule has 2 unspecified atom stereocenters. The average molecular weight is 293 g/mol. The van der Waals surface area contributed by atoms with Crippen molar-refractivity contribution in [2.75, 3.05) is 5.32 Å². The van der Waals surface area contributed by atoms with Gasteiger partial charge in [0.25, 0.3) is 5.69 Å². The molecular formula is C15H23N3O3. The highest BCUT2D eigenvalue weighted by Crippen LogP contribution is 2.26. The van der Waals surface area contributed by atoms with Crippen LogP contribution < -0.4 is 11.1 Å². The molecule has 21 heavy (non-hydrogen) atoms. The van der Waals surface area contributed by atoms with Gasteiger partial charge >= 0.3 is 0 Å². The minimum Gasteiger partial charge on any atom is -0.328 e. The molecule has 0 aromatic heterocycles. The fraction of sp³-hybridized carbons (Fsp3) is 0.533. The number of hydrogen-bond donors (Lipinski definition) is 2. The lowest BCUT2D eigenvalue weighted by molar-refractivity contribution is -0.383. The highest BCUT2D eigenvalue weighted by molar-refractivity contribution is 5.94. The van der Waals surface area contributed by atoms with E-state index in [2.05, 4.69) is 5.32 Å². The lowest BCUT2D eigenvalue weighted by atomic mass is 10.0. The largest absolute Gasteiger partial charge is 0.328 e. The summed E-state index contributed by atoms with van der Waals surface area (Å²) in [7, 11) is 0. The number of anilines is 1. The maximum Gasteiger partial charge on any atom is 0.292 e. The minimum absolute atomic E-state index is 0.0864. The predicted molar refractivity (Wildman–Crippen MR) is 83.1 cm³/mol. The zero-order valence-corrected chi connectivity index (χ0v) is 12.8. The van der Waals surface area contributed by atoms with E-state index in [9.17, 15) is 14.9 Å². The van der Waals surface area contributed by atoms with E-state index in [0.717, 1.165) is 18.4 Å². The third-order valence-corrected chi connectivity index (χ3v) is 3.35. The van der Waals surface area contributed by atoms with Crippen molar-refractivity contribution in [2.24, 2.45) is 11.7 Å². The molecule has 0 bridgehead atoms. The maximum absolute atomic E-state index is 12.1. The van der Waals surface area contributed by atoms with Gasteiger partial charge < -0.3 is 11.1 Å². The summed E-state index contributed by atoms with van der Waals surface area (Å²) in [5.74, 6) is -0.405. The van der Waals surface area contributed by atoms with E-state index in [1.165, 1.54) is 6.07 Å². The molecule has 0 spiro atoms. The van der Waals surface area contributed by atoms with Gasteiger partial charge in [-0.05, 0) is 38.3 Å². The van der Waals surface area contributed by atoms with Gasteiger partial charge in [-0.3, -0.25) is 14.9 Å². The molecule has 1 aromatic rings. The number of amides is 1. The number of nitrogens with one attached hydrogen (secondary N) is 1. The number of benzene rings is 1. The van der Waals surface area contributed by atoms with Gasteiger partial charge in [0, 0.05) is 18.0 Å². The van der Waals surface area contributed by atoms with E-state index in [-0.39, 0.29) is 29.2 Å². The first kappa shape index (κ1) is 17.1. The Labute approximate surface area is 124 Å². The molecule has 0 aliphatic heterocycles. The highest BCUT2D eigenvalue weighted by atomic mass is 16.6. The number of carbonyl (C=O) groups excluding carboxylic acids is 1. The zero-order chi connectivity index (χ0) is 16.0. The first-order chi connectivity index (χ1) is 9.81. The molecule has 0 aliphatic carbocycles. The molecule has 0 heterocycles. The Hall–Kier alpha value is -1.95. The third kappa shape index (κ3) is 5.51. The van der Waals surface area contributed by atoms with Crippen LogP contribution in [-0.2, 0) is 4.79 Å². The number of nitrogens with zero attached hydrogens (tertiary/aromatic N) is 1. The maximum atomic E-state index is 12.1. The summed E-state index contributed by atoms with van der Waals surface area (Å²) in [6, 6.07) is 4.80. The number of nitro groups is 1. The molecule has 0 fully saturated rings. The Morgan fingerprint density at radius 3 is 2.62 bits per heavy atom. The standard InChI is InChI=1S/C15H23N3O3/c1-10-7-8-14(18(20)21)13(9-10)17-15(19)11(2)5-4-6-12(3)16/h7-9,11-12H,4-6,16H2,1-3H3,(H,17,19). The number of aryl methyl sites for hydroxylation is 1. The van der Waals surface area contributed by atoms with Crippen LogP contribution in [0.15, 0.2) is 18.2 Å². The van der Waals surface area contributed by atoms with Crippen LogP contribution in [0.3, 0.4) is 0 Å². The van der Waals surface area contributed by atoms with Gasteiger partial charge in [0.15, 0.2) is 0 Å². The fourth-order valence-corrected chi connectivity index (χ4v) is 2.04. The van der Waals surface area contributed by atoms with Crippen molar-refractivity contribution in [3.05, 3.63) is 33.9 Å². The topological polar surface area (TPSA) is 98.3 Å². The molecule has 6 heteroatoms. The zero-order valence-electron chi connectivity index (χ0n) is 12.8. The summed E-state index contributed by atoms with van der Waals surface area (Å²) in [5.41, 5.74) is 6.70. The van der Waals surface area contributed by atoms with Crippen LogP contribution in [-0.4, -0.2) is 16.9 Å². The summed E-state index contributed by atoms with van der Waals surface area (Å²) >= 11 is 0. The van der Waals surface area contributed by atoms with E-state index in [1.54, 1.807) is 12.1 Å². The molecule has 0 saturated carbocycles. The number of hydrogen-bond acceptors (Lipinski definition) is 4. The molecule has 3 N–H and O–H groups in total. The van der Waals surface area contributed by atoms with Crippen LogP contribution in [0.2, 0.25) is 0 Å². The van der Waals surface area contributed by atoms with Crippen LogP contribution in [0.4, 0.5) is 11.4 Å². The van der Waals surface area contributed by atoms with Crippen molar-refractivity contribution in [2.45, 2.75) is 46.1 Å². The molecule has 116 valence electrons. The van der Waals surface area contributed by atoms with Gasteiger partial charge in [-0.1, -0.05) is 19.4 Å². The first-order valence-electron chi connectivity index (χ1n) is 7.12. The molecular weight excluding hydrogens is 270 g/mol. The Kier molecular flexibility index (Phi) is 6.30. The summed E-state index contributed by atoms with van der Waals surface area (Å²) in [4.78, 5) is 22.6. The van der Waals surface area contributed by atoms with Crippen molar-refractivity contribution >= 4 is 17.3 Å². The van der Waals surface area contributed by atoms with Crippen LogP contribution >= 0.6 is 0 Å². The normalized spacial score (nSPS) is 13.5. The molecule has 0 aliphatic rings. The Bertz CT molecular complexity index is 515. The summed E-state index contributed by atoms with van der Waals surface area (Å²) in [6.45, 7) is 5.57. The van der Waals surface area contributed by atoms with Crippen LogP contribution in [0.5, 0.6) is 0 Å². The van der Waals surface area contributed by atoms with E-state index in [0.29, 0.717) is 6.42 Å². The summed E-state index contributed by atoms with van der Waals surface area (Å²) < 4.78 is 0. The fourth-order valence-electron chi connectivity index (χ4n) is 2.04. The molecule has 1 amide bonds. The van der Waals surface area contributed by atoms with Gasteiger partial charge in [0.1, 0.15) is 5.69 Å². The summed E-state index contributed by atoms with van der Waals surface area (Å²) in [5, 5.41) is 13.6.